The molecule has 6 nitrogen and oxygen atoms in total. The molecule has 1 fully saturated rings. The van der Waals surface area contributed by atoms with Crippen LogP contribution in [0.15, 0.2) is 48.7 Å². The molecule has 2 heterocycles. The molecule has 0 N–H and O–H groups in total. The monoisotopic (exact) mass is 438 g/mol. The molecule has 1 aromatic heterocycles. The van der Waals surface area contributed by atoms with E-state index in [1.807, 2.05) is 30.5 Å². The van der Waals surface area contributed by atoms with Gasteiger partial charge in [-0.1, -0.05) is 56.0 Å². The fourth-order valence-electron chi connectivity index (χ4n) is 3.59. The first-order chi connectivity index (χ1) is 14.7. The van der Waals surface area contributed by atoms with E-state index in [4.69, 9.17) is 4.74 Å². The van der Waals surface area contributed by atoms with E-state index in [0.29, 0.717) is 24.3 Å². The van der Waals surface area contributed by atoms with Crippen LogP contribution in [0, 0.1) is 5.82 Å². The third-order valence-electron chi connectivity index (χ3n) is 5.51. The molecule has 0 radical (unpaired) electrons. The first kappa shape index (κ1) is 21.2. The number of hydrogen-bond acceptors (Lipinski definition) is 4. The van der Waals surface area contributed by atoms with Crippen LogP contribution in [0.25, 0.3) is 11.1 Å². The van der Waals surface area contributed by atoms with Crippen LogP contribution in [0.2, 0.25) is 19.6 Å². The van der Waals surface area contributed by atoms with Crippen molar-refractivity contribution in [1.29, 1.82) is 0 Å². The number of anilines is 1. The third-order valence-corrected chi connectivity index (χ3v) is 7.28. The predicted molar refractivity (Wildman–Crippen MR) is 122 cm³/mol. The fraction of sp³-hybridized carbons (Fsp3) is 0.348. The predicted octanol–water partition coefficient (Wildman–Crippen LogP) is 4.22. The molecule has 1 atom stereocenters. The average Bonchev–Trinajstić information content (AvgIpc) is 3.35. The molecule has 0 bridgehead atoms. The molecule has 1 aliphatic heterocycles. The van der Waals surface area contributed by atoms with E-state index < -0.39 is 14.2 Å². The van der Waals surface area contributed by atoms with Crippen molar-refractivity contribution in [1.82, 2.24) is 15.0 Å². The Balaban J connectivity index is 1.47. The van der Waals surface area contributed by atoms with Crippen LogP contribution in [0.4, 0.5) is 14.9 Å². The summed E-state index contributed by atoms with van der Waals surface area (Å²) in [5.74, 6) is -0.367. The second-order valence-corrected chi connectivity index (χ2v) is 13.9. The molecule has 1 amide bonds. The van der Waals surface area contributed by atoms with Crippen molar-refractivity contribution >= 4 is 25.2 Å². The molecule has 0 aliphatic carbocycles. The Labute approximate surface area is 182 Å². The lowest BCUT2D eigenvalue weighted by Gasteiger charge is -2.14. The van der Waals surface area contributed by atoms with Gasteiger partial charge in [0.05, 0.1) is 24.1 Å². The Morgan fingerprint density at radius 2 is 1.90 bits per heavy atom. The zero-order chi connectivity index (χ0) is 22.2. The lowest BCUT2D eigenvalue weighted by atomic mass is 10.0. The van der Waals surface area contributed by atoms with Crippen LogP contribution in [0.1, 0.15) is 12.5 Å². The average molecular weight is 439 g/mol. The fourth-order valence-corrected chi connectivity index (χ4v) is 4.47. The van der Waals surface area contributed by atoms with Crippen molar-refractivity contribution in [2.24, 2.45) is 0 Å². The maximum absolute atomic E-state index is 14.9. The van der Waals surface area contributed by atoms with Crippen LogP contribution in [-0.2, 0) is 17.7 Å². The van der Waals surface area contributed by atoms with Crippen molar-refractivity contribution in [3.05, 3.63) is 60.0 Å². The molecule has 162 valence electrons. The van der Waals surface area contributed by atoms with Crippen LogP contribution in [0.5, 0.6) is 0 Å². The van der Waals surface area contributed by atoms with Gasteiger partial charge in [0.25, 0.3) is 0 Å². The summed E-state index contributed by atoms with van der Waals surface area (Å²) in [4.78, 5) is 13.9. The summed E-state index contributed by atoms with van der Waals surface area (Å²) in [6.07, 6.45) is 2.03. The zero-order valence-electron chi connectivity index (χ0n) is 18.3. The van der Waals surface area contributed by atoms with Crippen LogP contribution < -0.4 is 10.2 Å². The van der Waals surface area contributed by atoms with E-state index in [1.54, 1.807) is 16.8 Å². The van der Waals surface area contributed by atoms with E-state index in [1.165, 1.54) is 16.5 Å². The SMILES string of the molecule is CCc1ccc(-c2ccc(N3C[C@H](Cn4cc([Si](C)(C)C)nn4)OC3=O)cc2F)cc1. The highest BCUT2D eigenvalue weighted by atomic mass is 28.3. The summed E-state index contributed by atoms with van der Waals surface area (Å²) in [5, 5.41) is 9.44. The van der Waals surface area contributed by atoms with Gasteiger partial charge in [-0.3, -0.25) is 4.90 Å². The van der Waals surface area contributed by atoms with Gasteiger partial charge < -0.3 is 4.74 Å². The van der Waals surface area contributed by atoms with E-state index in [2.05, 4.69) is 36.9 Å². The van der Waals surface area contributed by atoms with Crippen LogP contribution in [-0.4, -0.2) is 41.8 Å². The second-order valence-electron chi connectivity index (χ2n) is 8.91. The molecule has 0 saturated carbocycles. The summed E-state index contributed by atoms with van der Waals surface area (Å²) in [6, 6.07) is 12.7. The molecular weight excluding hydrogens is 411 g/mol. The molecule has 0 spiro atoms. The highest BCUT2D eigenvalue weighted by Gasteiger charge is 2.33. The smallest absolute Gasteiger partial charge is 0.414 e. The van der Waals surface area contributed by atoms with Gasteiger partial charge in [0.15, 0.2) is 0 Å². The zero-order valence-corrected chi connectivity index (χ0v) is 19.3. The summed E-state index contributed by atoms with van der Waals surface area (Å²) in [6.45, 7) is 9.45. The Bertz CT molecular complexity index is 1090. The summed E-state index contributed by atoms with van der Waals surface area (Å²) >= 11 is 0. The normalized spacial score (nSPS) is 16.6. The molecule has 0 unspecified atom stereocenters. The van der Waals surface area contributed by atoms with Gasteiger partial charge in [-0.25, -0.2) is 13.9 Å². The molecule has 4 rings (SSSR count). The van der Waals surface area contributed by atoms with Crippen molar-refractivity contribution in [2.45, 2.75) is 45.6 Å². The van der Waals surface area contributed by atoms with E-state index >= 15 is 0 Å². The Morgan fingerprint density at radius 3 is 2.52 bits per heavy atom. The quantitative estimate of drug-likeness (QED) is 0.541. The van der Waals surface area contributed by atoms with Crippen molar-refractivity contribution < 1.29 is 13.9 Å². The first-order valence-corrected chi connectivity index (χ1v) is 14.0. The highest BCUT2D eigenvalue weighted by Crippen LogP contribution is 2.29. The van der Waals surface area contributed by atoms with E-state index in [-0.39, 0.29) is 11.9 Å². The number of hydrogen-bond donors (Lipinski definition) is 0. The maximum Gasteiger partial charge on any atom is 0.414 e. The number of benzene rings is 2. The number of nitrogens with zero attached hydrogens (tertiary/aromatic N) is 4. The number of aromatic nitrogens is 3. The number of rotatable bonds is 6. The molecule has 1 aliphatic rings. The largest absolute Gasteiger partial charge is 0.442 e. The number of carbonyl (C=O) groups is 1. The number of cyclic esters (lactones) is 1. The first-order valence-electron chi connectivity index (χ1n) is 10.5. The Morgan fingerprint density at radius 1 is 1.16 bits per heavy atom. The summed E-state index contributed by atoms with van der Waals surface area (Å²) in [7, 11) is -1.55. The molecule has 3 aromatic rings. The van der Waals surface area contributed by atoms with Crippen LogP contribution >= 0.6 is 0 Å². The standard InChI is InChI=1S/C23H27FN4O2Si/c1-5-16-6-8-17(9-7-16)20-11-10-18(12-21(20)24)28-14-19(30-23(28)29)13-27-15-22(25-26-27)31(2,3)4/h6-12,15,19H,5,13-14H2,1-4H3/t19-/m0/s1. The molecule has 2 aromatic carbocycles. The minimum Gasteiger partial charge on any atom is -0.442 e. The van der Waals surface area contributed by atoms with Gasteiger partial charge in [0, 0.05) is 11.8 Å². The van der Waals surface area contributed by atoms with Gasteiger partial charge in [0.1, 0.15) is 20.0 Å². The van der Waals surface area contributed by atoms with Crippen molar-refractivity contribution in [3.8, 4) is 11.1 Å². The van der Waals surface area contributed by atoms with Gasteiger partial charge in [-0.2, -0.15) is 0 Å². The highest BCUT2D eigenvalue weighted by molar-refractivity contribution is 6.88. The number of ether oxygens (including phenoxy) is 1. The van der Waals surface area contributed by atoms with Gasteiger partial charge in [-0.05, 0) is 35.7 Å². The number of carbonyl (C=O) groups excluding carboxylic acids is 1. The molecule has 31 heavy (non-hydrogen) atoms. The third kappa shape index (κ3) is 4.53. The van der Waals surface area contributed by atoms with Crippen molar-refractivity contribution in [3.63, 3.8) is 0 Å². The topological polar surface area (TPSA) is 60.3 Å². The number of aryl methyl sites for hydroxylation is 1. The second kappa shape index (κ2) is 8.26. The van der Waals surface area contributed by atoms with E-state index in [0.717, 1.165) is 17.3 Å². The van der Waals surface area contributed by atoms with Gasteiger partial charge in [-0.15, -0.1) is 5.10 Å². The van der Waals surface area contributed by atoms with Gasteiger partial charge in [0.2, 0.25) is 0 Å². The lowest BCUT2D eigenvalue weighted by molar-refractivity contribution is 0.129. The van der Waals surface area contributed by atoms with Crippen molar-refractivity contribution in [2.75, 3.05) is 11.4 Å². The lowest BCUT2D eigenvalue weighted by Crippen LogP contribution is -2.38. The molecule has 1 saturated heterocycles. The molecular formula is C23H27FN4O2Si. The summed E-state index contributed by atoms with van der Waals surface area (Å²) in [5.41, 5.74) is 3.01. The van der Waals surface area contributed by atoms with Crippen LogP contribution in [0.3, 0.4) is 0 Å². The Kier molecular flexibility index (Phi) is 5.66. The molecule has 8 heteroatoms. The number of amides is 1. The van der Waals surface area contributed by atoms with Gasteiger partial charge >= 0.3 is 6.09 Å². The minimum atomic E-state index is -1.55. The van der Waals surface area contributed by atoms with E-state index in [9.17, 15) is 9.18 Å². The summed E-state index contributed by atoms with van der Waals surface area (Å²) < 4.78 is 22.1. The number of halogens is 1. The Hall–Kier alpha value is -3.00. The minimum absolute atomic E-state index is 0.338. The maximum atomic E-state index is 14.9.